The topological polar surface area (TPSA) is 281 Å². The maximum Gasteiger partial charge on any atom is 0.325 e. The lowest BCUT2D eigenvalue weighted by Gasteiger charge is -2.24. The number of aliphatic carboxylic acids is 2. The quantitative estimate of drug-likeness (QED) is 0.0603. The molecule has 0 bridgehead atoms. The molecule has 0 radical (unpaired) electrons. The molecular formula is C20H33N9O7. The van der Waals surface area contributed by atoms with Crippen LogP contribution in [0.5, 0.6) is 0 Å². The van der Waals surface area contributed by atoms with Crippen LogP contribution < -0.4 is 33.2 Å². The van der Waals surface area contributed by atoms with Crippen LogP contribution in [0.15, 0.2) is 17.5 Å². The molecule has 0 spiro atoms. The van der Waals surface area contributed by atoms with Gasteiger partial charge in [0.25, 0.3) is 0 Å². The number of imidazole rings is 1. The number of carboxylic acid groups (broad SMARTS) is 2. The Morgan fingerprint density at radius 1 is 1.03 bits per heavy atom. The summed E-state index contributed by atoms with van der Waals surface area (Å²) in [5, 5.41) is 25.2. The molecule has 1 heterocycles. The Morgan fingerprint density at radius 3 is 2.22 bits per heavy atom. The molecule has 0 aliphatic heterocycles. The van der Waals surface area contributed by atoms with E-state index in [1.807, 2.05) is 0 Å². The van der Waals surface area contributed by atoms with Gasteiger partial charge in [-0.15, -0.1) is 0 Å². The summed E-state index contributed by atoms with van der Waals surface area (Å²) in [7, 11) is 0. The number of nitrogens with zero attached hydrogens (tertiary/aromatic N) is 2. The van der Waals surface area contributed by atoms with Crippen molar-refractivity contribution in [2.24, 2.45) is 22.2 Å². The molecule has 0 fully saturated rings. The largest absolute Gasteiger partial charge is 0.481 e. The van der Waals surface area contributed by atoms with Gasteiger partial charge in [-0.05, 0) is 26.2 Å². The van der Waals surface area contributed by atoms with E-state index in [1.165, 1.54) is 19.4 Å². The van der Waals surface area contributed by atoms with Crippen LogP contribution in [-0.2, 0) is 30.4 Å². The molecule has 16 nitrogen and oxygen atoms in total. The Hall–Kier alpha value is -4.21. The average molecular weight is 512 g/mol. The number of nitrogens with one attached hydrogen (secondary N) is 4. The highest BCUT2D eigenvalue weighted by atomic mass is 16.4. The number of carboxylic acids is 2. The van der Waals surface area contributed by atoms with Crippen LogP contribution in [0.25, 0.3) is 0 Å². The summed E-state index contributed by atoms with van der Waals surface area (Å²) in [6.45, 7) is 1.49. The van der Waals surface area contributed by atoms with Crippen molar-refractivity contribution < 1.29 is 34.2 Å². The molecule has 0 aromatic carbocycles. The number of hydrogen-bond acceptors (Lipinski definition) is 8. The van der Waals surface area contributed by atoms with Gasteiger partial charge < -0.3 is 48.3 Å². The van der Waals surface area contributed by atoms with Crippen LogP contribution in [-0.4, -0.2) is 86.5 Å². The van der Waals surface area contributed by atoms with E-state index in [9.17, 15) is 24.0 Å². The van der Waals surface area contributed by atoms with Crippen molar-refractivity contribution in [3.63, 3.8) is 0 Å². The van der Waals surface area contributed by atoms with Crippen molar-refractivity contribution in [2.45, 2.75) is 63.2 Å². The number of aromatic amines is 1. The minimum Gasteiger partial charge on any atom is -0.481 e. The number of rotatable bonds is 16. The lowest BCUT2D eigenvalue weighted by Crippen LogP contribution is -2.57. The predicted octanol–water partition coefficient (Wildman–Crippen LogP) is -3.24. The molecule has 1 rings (SSSR count). The molecule has 12 N–H and O–H groups in total. The SMILES string of the molecule is CC(NC(=O)C(Cc1cnc[nH]1)NC(=O)C(CCC(=O)O)NC(=O)C(N)CCCN=C(N)N)C(=O)O. The lowest BCUT2D eigenvalue weighted by molar-refractivity contribution is -0.141. The third-order valence-corrected chi connectivity index (χ3v) is 4.93. The number of carbonyl (C=O) groups excluding carboxylic acids is 3. The van der Waals surface area contributed by atoms with Gasteiger partial charge in [0, 0.05) is 31.3 Å². The van der Waals surface area contributed by atoms with Gasteiger partial charge in [-0.2, -0.15) is 0 Å². The number of aliphatic imine (C=N–C) groups is 1. The molecule has 16 heteroatoms. The van der Waals surface area contributed by atoms with Crippen molar-refractivity contribution in [3.05, 3.63) is 18.2 Å². The fraction of sp³-hybridized carbons (Fsp3) is 0.550. The van der Waals surface area contributed by atoms with Crippen LogP contribution >= 0.6 is 0 Å². The molecule has 4 unspecified atom stereocenters. The van der Waals surface area contributed by atoms with Gasteiger partial charge in [0.05, 0.1) is 12.4 Å². The zero-order valence-electron chi connectivity index (χ0n) is 19.8. The number of hydrogen-bond donors (Lipinski definition) is 9. The minimum absolute atomic E-state index is 0.0756. The Labute approximate surface area is 206 Å². The Morgan fingerprint density at radius 2 is 1.67 bits per heavy atom. The normalized spacial score (nSPS) is 13.9. The van der Waals surface area contributed by atoms with E-state index in [0.29, 0.717) is 12.1 Å². The monoisotopic (exact) mass is 511 g/mol. The van der Waals surface area contributed by atoms with E-state index >= 15 is 0 Å². The number of carbonyl (C=O) groups is 5. The van der Waals surface area contributed by atoms with Gasteiger partial charge in [-0.1, -0.05) is 0 Å². The van der Waals surface area contributed by atoms with Crippen molar-refractivity contribution in [1.29, 1.82) is 0 Å². The average Bonchev–Trinajstić information content (AvgIpc) is 3.31. The number of nitrogens with two attached hydrogens (primary N) is 3. The van der Waals surface area contributed by atoms with E-state index in [1.54, 1.807) is 0 Å². The summed E-state index contributed by atoms with van der Waals surface area (Å²) in [6.07, 6.45) is 2.53. The zero-order chi connectivity index (χ0) is 27.3. The van der Waals surface area contributed by atoms with Crippen LogP contribution in [0.4, 0.5) is 0 Å². The lowest BCUT2D eigenvalue weighted by atomic mass is 10.1. The fourth-order valence-corrected chi connectivity index (χ4v) is 2.94. The first-order chi connectivity index (χ1) is 16.9. The number of aromatic nitrogens is 2. The predicted molar refractivity (Wildman–Crippen MR) is 126 cm³/mol. The molecule has 1 aromatic rings. The molecule has 200 valence electrons. The second-order valence-corrected chi connectivity index (χ2v) is 7.96. The smallest absolute Gasteiger partial charge is 0.325 e. The minimum atomic E-state index is -1.33. The summed E-state index contributed by atoms with van der Waals surface area (Å²) in [5.74, 6) is -4.95. The van der Waals surface area contributed by atoms with Gasteiger partial charge in [-0.3, -0.25) is 29.0 Å². The van der Waals surface area contributed by atoms with E-state index < -0.39 is 60.2 Å². The van der Waals surface area contributed by atoms with E-state index in [2.05, 4.69) is 30.9 Å². The van der Waals surface area contributed by atoms with Crippen molar-refractivity contribution >= 4 is 35.6 Å². The highest BCUT2D eigenvalue weighted by Gasteiger charge is 2.30. The highest BCUT2D eigenvalue weighted by Crippen LogP contribution is 2.05. The van der Waals surface area contributed by atoms with Crippen LogP contribution in [0, 0.1) is 0 Å². The second-order valence-electron chi connectivity index (χ2n) is 7.96. The van der Waals surface area contributed by atoms with Gasteiger partial charge >= 0.3 is 11.9 Å². The molecule has 4 atom stereocenters. The van der Waals surface area contributed by atoms with Crippen LogP contribution in [0.1, 0.15) is 38.3 Å². The molecule has 1 aromatic heterocycles. The summed E-state index contributed by atoms with van der Waals surface area (Å²) in [5.41, 5.74) is 16.8. The molecule has 0 saturated heterocycles. The Balaban J connectivity index is 2.94. The van der Waals surface area contributed by atoms with E-state index in [4.69, 9.17) is 27.4 Å². The molecule has 3 amide bonds. The Kier molecular flexibility index (Phi) is 12.4. The number of H-pyrrole nitrogens is 1. The van der Waals surface area contributed by atoms with Crippen LogP contribution in [0.3, 0.4) is 0 Å². The second kappa shape index (κ2) is 14.9. The molecule has 0 saturated carbocycles. The maximum atomic E-state index is 13.0. The highest BCUT2D eigenvalue weighted by molar-refractivity contribution is 5.94. The standard InChI is InChI=1S/C20H33N9O7/c1-10(19(35)36)27-18(34)14(7-11-8-24-9-26-11)29-17(33)13(4-5-15(30)31)28-16(32)12(21)3-2-6-25-20(22)23/h8-10,12-14H,2-7,21H2,1H3,(H,24,26)(H,27,34)(H,28,32)(H,29,33)(H,30,31)(H,35,36)(H4,22,23,25). The van der Waals surface area contributed by atoms with Gasteiger partial charge in [0.2, 0.25) is 17.7 Å². The van der Waals surface area contributed by atoms with E-state index in [-0.39, 0.29) is 31.8 Å². The van der Waals surface area contributed by atoms with Crippen molar-refractivity contribution in [2.75, 3.05) is 6.54 Å². The summed E-state index contributed by atoms with van der Waals surface area (Å²) >= 11 is 0. The third-order valence-electron chi connectivity index (χ3n) is 4.93. The molecule has 36 heavy (non-hydrogen) atoms. The summed E-state index contributed by atoms with van der Waals surface area (Å²) in [4.78, 5) is 70.8. The van der Waals surface area contributed by atoms with Crippen molar-refractivity contribution in [3.8, 4) is 0 Å². The van der Waals surface area contributed by atoms with Crippen molar-refractivity contribution in [1.82, 2.24) is 25.9 Å². The first kappa shape index (κ1) is 29.8. The molecular weight excluding hydrogens is 478 g/mol. The van der Waals surface area contributed by atoms with Crippen LogP contribution in [0.2, 0.25) is 0 Å². The van der Waals surface area contributed by atoms with Gasteiger partial charge in [0.15, 0.2) is 5.96 Å². The molecule has 0 aliphatic rings. The zero-order valence-corrected chi connectivity index (χ0v) is 19.8. The number of guanidine groups is 1. The van der Waals surface area contributed by atoms with E-state index in [0.717, 1.165) is 0 Å². The fourth-order valence-electron chi connectivity index (χ4n) is 2.94. The van der Waals surface area contributed by atoms with Gasteiger partial charge in [0.1, 0.15) is 18.1 Å². The first-order valence-electron chi connectivity index (χ1n) is 11.0. The Bertz CT molecular complexity index is 932. The summed E-state index contributed by atoms with van der Waals surface area (Å²) < 4.78 is 0. The summed E-state index contributed by atoms with van der Waals surface area (Å²) in [6, 6.07) is -4.85. The van der Waals surface area contributed by atoms with Gasteiger partial charge in [-0.25, -0.2) is 4.98 Å². The maximum absolute atomic E-state index is 13.0. The molecule has 0 aliphatic carbocycles. The third kappa shape index (κ3) is 11.3. The first-order valence-corrected chi connectivity index (χ1v) is 11.0. The number of amides is 3.